The van der Waals surface area contributed by atoms with Crippen LogP contribution in [0, 0.1) is 5.82 Å². The molecule has 8 nitrogen and oxygen atoms in total. The molecule has 2 aromatic carbocycles. The van der Waals surface area contributed by atoms with E-state index in [9.17, 15) is 18.8 Å². The van der Waals surface area contributed by atoms with Crippen LogP contribution in [-0.4, -0.2) is 27.1 Å². The quantitative estimate of drug-likeness (QED) is 0.547. The zero-order valence-corrected chi connectivity index (χ0v) is 16.6. The van der Waals surface area contributed by atoms with Crippen LogP contribution in [0.25, 0.3) is 16.7 Å². The molecule has 2 heterocycles. The maximum atomic E-state index is 13.1. The average Bonchev–Trinajstić information content (AvgIpc) is 2.79. The van der Waals surface area contributed by atoms with Gasteiger partial charge in [0.05, 0.1) is 23.7 Å². The van der Waals surface area contributed by atoms with Crippen molar-refractivity contribution in [2.45, 2.75) is 0 Å². The summed E-state index contributed by atoms with van der Waals surface area (Å²) in [6.45, 7) is 0. The molecular formula is C22H17FN4O4. The number of ether oxygens (including phenoxy) is 1. The Hall–Kier alpha value is -4.27. The number of halogens is 1. The Kier molecular flexibility index (Phi) is 5.08. The summed E-state index contributed by atoms with van der Waals surface area (Å²) in [5, 5.41) is 2.72. The topological polar surface area (TPSA) is 95.2 Å². The second-order valence-corrected chi connectivity index (χ2v) is 6.74. The standard InChI is InChI=1S/C22H17FN4O4/c1-26-21(29)18-11-13(20(28)25-15-5-3-14(23)4-6-15)12-24-19(18)27(22(26)30)16-7-9-17(31-2)10-8-16/h3-12H,1-2H3,(H,25,28). The number of hydrogen-bond acceptors (Lipinski definition) is 5. The Morgan fingerprint density at radius 3 is 2.39 bits per heavy atom. The summed E-state index contributed by atoms with van der Waals surface area (Å²) in [5.74, 6) is -0.339. The van der Waals surface area contributed by atoms with E-state index in [1.54, 1.807) is 24.3 Å². The Morgan fingerprint density at radius 2 is 1.74 bits per heavy atom. The van der Waals surface area contributed by atoms with Crippen LogP contribution in [0.2, 0.25) is 0 Å². The van der Waals surface area contributed by atoms with Crippen LogP contribution >= 0.6 is 0 Å². The molecule has 1 amide bonds. The van der Waals surface area contributed by atoms with Crippen LogP contribution in [-0.2, 0) is 7.05 Å². The zero-order valence-electron chi connectivity index (χ0n) is 16.6. The maximum absolute atomic E-state index is 13.1. The predicted octanol–water partition coefficient (Wildman–Crippen LogP) is 2.48. The van der Waals surface area contributed by atoms with Crippen molar-refractivity contribution >= 4 is 22.6 Å². The largest absolute Gasteiger partial charge is 0.497 e. The van der Waals surface area contributed by atoms with Gasteiger partial charge in [-0.05, 0) is 54.6 Å². The van der Waals surface area contributed by atoms with E-state index in [1.807, 2.05) is 0 Å². The van der Waals surface area contributed by atoms with E-state index in [4.69, 9.17) is 4.74 Å². The van der Waals surface area contributed by atoms with Gasteiger partial charge < -0.3 is 10.1 Å². The highest BCUT2D eigenvalue weighted by molar-refractivity contribution is 6.05. The van der Waals surface area contributed by atoms with Gasteiger partial charge in [0.1, 0.15) is 11.6 Å². The van der Waals surface area contributed by atoms with Gasteiger partial charge in [0, 0.05) is 18.9 Å². The van der Waals surface area contributed by atoms with Gasteiger partial charge in [0.25, 0.3) is 11.5 Å². The van der Waals surface area contributed by atoms with E-state index >= 15 is 0 Å². The normalized spacial score (nSPS) is 10.8. The minimum atomic E-state index is -0.575. The summed E-state index contributed by atoms with van der Waals surface area (Å²) in [7, 11) is 2.89. The van der Waals surface area contributed by atoms with Crippen molar-refractivity contribution in [2.24, 2.45) is 7.05 Å². The fraction of sp³-hybridized carbons (Fsp3) is 0.0909. The number of nitrogens with one attached hydrogen (secondary N) is 1. The zero-order chi connectivity index (χ0) is 22.1. The Balaban J connectivity index is 1.82. The molecule has 0 atom stereocenters. The van der Waals surface area contributed by atoms with Gasteiger partial charge in [-0.2, -0.15) is 0 Å². The van der Waals surface area contributed by atoms with E-state index in [0.29, 0.717) is 17.1 Å². The van der Waals surface area contributed by atoms with E-state index < -0.39 is 23.0 Å². The molecule has 0 saturated carbocycles. The number of aromatic nitrogens is 3. The first kappa shape index (κ1) is 20.0. The summed E-state index contributed by atoms with van der Waals surface area (Å²) in [4.78, 5) is 42.3. The van der Waals surface area contributed by atoms with Gasteiger partial charge in [-0.25, -0.2) is 18.7 Å². The van der Waals surface area contributed by atoms with E-state index in [0.717, 1.165) is 4.57 Å². The van der Waals surface area contributed by atoms with Crippen LogP contribution in [0.1, 0.15) is 10.4 Å². The van der Waals surface area contributed by atoms with E-state index in [2.05, 4.69) is 10.3 Å². The van der Waals surface area contributed by atoms with Crippen LogP contribution < -0.4 is 21.3 Å². The van der Waals surface area contributed by atoms with Crippen molar-refractivity contribution in [3.05, 3.63) is 93.0 Å². The molecule has 0 radical (unpaired) electrons. The Morgan fingerprint density at radius 1 is 1.06 bits per heavy atom. The summed E-state index contributed by atoms with van der Waals surface area (Å²) in [5.41, 5.74) is -0.0251. The number of pyridine rings is 1. The highest BCUT2D eigenvalue weighted by atomic mass is 19.1. The number of rotatable bonds is 4. The monoisotopic (exact) mass is 420 g/mol. The summed E-state index contributed by atoms with van der Waals surface area (Å²) in [6.07, 6.45) is 1.28. The van der Waals surface area contributed by atoms with Gasteiger partial charge in [0.15, 0.2) is 5.65 Å². The van der Waals surface area contributed by atoms with E-state index in [1.165, 1.54) is 55.3 Å². The number of methoxy groups -OCH3 is 1. The molecule has 0 aliphatic heterocycles. The third-order valence-corrected chi connectivity index (χ3v) is 4.79. The number of hydrogen-bond donors (Lipinski definition) is 1. The third-order valence-electron chi connectivity index (χ3n) is 4.79. The molecule has 0 saturated heterocycles. The lowest BCUT2D eigenvalue weighted by Gasteiger charge is -2.12. The number of benzene rings is 2. The molecule has 31 heavy (non-hydrogen) atoms. The Bertz CT molecular complexity index is 1410. The van der Waals surface area contributed by atoms with Crippen LogP contribution in [0.15, 0.2) is 70.4 Å². The number of carbonyl (C=O) groups excluding carboxylic acids is 1. The van der Waals surface area contributed by atoms with Gasteiger partial charge in [-0.3, -0.25) is 14.2 Å². The summed E-state index contributed by atoms with van der Waals surface area (Å²) >= 11 is 0. The number of nitrogens with zero attached hydrogens (tertiary/aromatic N) is 3. The van der Waals surface area contributed by atoms with Crippen molar-refractivity contribution in [3.63, 3.8) is 0 Å². The molecular weight excluding hydrogens is 403 g/mol. The van der Waals surface area contributed by atoms with Crippen molar-refractivity contribution in [1.82, 2.24) is 14.1 Å². The molecule has 9 heteroatoms. The number of amides is 1. The lowest BCUT2D eigenvalue weighted by atomic mass is 10.2. The molecule has 0 aliphatic carbocycles. The van der Waals surface area contributed by atoms with Crippen LogP contribution in [0.3, 0.4) is 0 Å². The van der Waals surface area contributed by atoms with Crippen molar-refractivity contribution in [3.8, 4) is 11.4 Å². The molecule has 0 bridgehead atoms. The smallest absolute Gasteiger partial charge is 0.337 e. The first-order chi connectivity index (χ1) is 14.9. The first-order valence-electron chi connectivity index (χ1n) is 9.22. The van der Waals surface area contributed by atoms with Gasteiger partial charge in [-0.15, -0.1) is 0 Å². The fourth-order valence-corrected chi connectivity index (χ4v) is 3.13. The SMILES string of the molecule is COc1ccc(-n2c(=O)n(C)c(=O)c3cc(C(=O)Nc4ccc(F)cc4)cnc32)cc1. The molecule has 0 aliphatic rings. The second kappa shape index (κ2) is 7.86. The summed E-state index contributed by atoms with van der Waals surface area (Å²) in [6, 6.07) is 13.4. The van der Waals surface area contributed by atoms with Crippen LogP contribution in [0.5, 0.6) is 5.75 Å². The highest BCUT2D eigenvalue weighted by Gasteiger charge is 2.16. The maximum Gasteiger partial charge on any atom is 0.337 e. The van der Waals surface area contributed by atoms with E-state index in [-0.39, 0.29) is 16.6 Å². The third kappa shape index (κ3) is 3.68. The molecule has 0 spiro atoms. The number of carbonyl (C=O) groups is 1. The van der Waals surface area contributed by atoms with Crippen molar-refractivity contribution in [1.29, 1.82) is 0 Å². The summed E-state index contributed by atoms with van der Waals surface area (Å²) < 4.78 is 20.4. The van der Waals surface area contributed by atoms with Crippen molar-refractivity contribution in [2.75, 3.05) is 12.4 Å². The Labute approximate surface area is 175 Å². The number of anilines is 1. The molecule has 0 fully saturated rings. The second-order valence-electron chi connectivity index (χ2n) is 6.74. The highest BCUT2D eigenvalue weighted by Crippen LogP contribution is 2.18. The van der Waals surface area contributed by atoms with Gasteiger partial charge >= 0.3 is 5.69 Å². The predicted molar refractivity (Wildman–Crippen MR) is 113 cm³/mol. The average molecular weight is 420 g/mol. The molecule has 156 valence electrons. The lowest BCUT2D eigenvalue weighted by molar-refractivity contribution is 0.102. The van der Waals surface area contributed by atoms with Gasteiger partial charge in [0.2, 0.25) is 0 Å². The van der Waals surface area contributed by atoms with Crippen molar-refractivity contribution < 1.29 is 13.9 Å². The number of fused-ring (bicyclic) bond motifs is 1. The minimum Gasteiger partial charge on any atom is -0.497 e. The molecule has 0 unspecified atom stereocenters. The fourth-order valence-electron chi connectivity index (χ4n) is 3.13. The van der Waals surface area contributed by atoms with Gasteiger partial charge in [-0.1, -0.05) is 0 Å². The molecule has 1 N–H and O–H groups in total. The molecule has 4 aromatic rings. The van der Waals surface area contributed by atoms with Crippen LogP contribution in [0.4, 0.5) is 10.1 Å². The molecule has 4 rings (SSSR count). The minimum absolute atomic E-state index is 0.102. The lowest BCUT2D eigenvalue weighted by Crippen LogP contribution is -2.38. The first-order valence-corrected chi connectivity index (χ1v) is 9.22. The molecule has 2 aromatic heterocycles.